The fraction of sp³-hybridized carbons (Fsp3) is 0.571. The second-order valence-electron chi connectivity index (χ2n) is 5.62. The van der Waals surface area contributed by atoms with Crippen molar-refractivity contribution in [3.63, 3.8) is 0 Å². The minimum atomic E-state index is -3.29. The van der Waals surface area contributed by atoms with E-state index in [0.29, 0.717) is 30.0 Å². The Morgan fingerprint density at radius 1 is 1.32 bits per heavy atom. The lowest BCUT2D eigenvalue weighted by molar-refractivity contribution is -0.125. The van der Waals surface area contributed by atoms with Crippen molar-refractivity contribution < 1.29 is 13.2 Å². The third-order valence-electron chi connectivity index (χ3n) is 4.34. The van der Waals surface area contributed by atoms with E-state index < -0.39 is 9.84 Å². The Morgan fingerprint density at radius 2 is 2.11 bits per heavy atom. The quantitative estimate of drug-likeness (QED) is 0.843. The van der Waals surface area contributed by atoms with Gasteiger partial charge in [-0.15, -0.1) is 0 Å². The summed E-state index contributed by atoms with van der Waals surface area (Å²) in [4.78, 5) is 0.342. The molecule has 2 aliphatic rings. The second kappa shape index (κ2) is 4.49. The van der Waals surface area contributed by atoms with Crippen molar-refractivity contribution in [2.75, 3.05) is 12.3 Å². The van der Waals surface area contributed by atoms with E-state index in [1.165, 1.54) is 0 Å². The predicted octanol–water partition coefficient (Wildman–Crippen LogP) is 2.14. The topological polar surface area (TPSA) is 69.4 Å². The largest absolute Gasteiger partial charge is 0.399 e. The second-order valence-corrected chi connectivity index (χ2v) is 7.85. The fourth-order valence-corrected chi connectivity index (χ4v) is 4.93. The van der Waals surface area contributed by atoms with Gasteiger partial charge in [-0.05, 0) is 50.3 Å². The Kier molecular flexibility index (Phi) is 3.06. The van der Waals surface area contributed by atoms with Crippen molar-refractivity contribution in [1.82, 2.24) is 0 Å². The first-order valence-electron chi connectivity index (χ1n) is 6.75. The van der Waals surface area contributed by atoms with Gasteiger partial charge in [0, 0.05) is 12.3 Å². The van der Waals surface area contributed by atoms with Gasteiger partial charge in [0.25, 0.3) is 0 Å². The van der Waals surface area contributed by atoms with Gasteiger partial charge in [-0.3, -0.25) is 0 Å². The number of ether oxygens (including phenoxy) is 1. The Morgan fingerprint density at radius 3 is 2.74 bits per heavy atom. The van der Waals surface area contributed by atoms with Crippen molar-refractivity contribution in [1.29, 1.82) is 0 Å². The van der Waals surface area contributed by atoms with Gasteiger partial charge in [0.15, 0.2) is 9.84 Å². The number of benzene rings is 1. The molecule has 1 aliphatic carbocycles. The average Bonchev–Trinajstić information content (AvgIpc) is 2.37. The molecular weight excluding hydrogens is 262 g/mol. The Bertz CT molecular complexity index is 578. The van der Waals surface area contributed by atoms with Gasteiger partial charge >= 0.3 is 0 Å². The zero-order valence-electron chi connectivity index (χ0n) is 10.8. The van der Waals surface area contributed by atoms with Crippen LogP contribution >= 0.6 is 0 Å². The van der Waals surface area contributed by atoms with Gasteiger partial charge in [-0.25, -0.2) is 8.42 Å². The number of hydrogen-bond acceptors (Lipinski definition) is 4. The molecule has 4 nitrogen and oxygen atoms in total. The van der Waals surface area contributed by atoms with E-state index in [4.69, 9.17) is 10.5 Å². The third-order valence-corrected chi connectivity index (χ3v) is 6.53. The summed E-state index contributed by atoms with van der Waals surface area (Å²) in [7, 11) is -3.29. The van der Waals surface area contributed by atoms with Crippen LogP contribution in [0.25, 0.3) is 0 Å². The molecule has 1 aromatic rings. The average molecular weight is 281 g/mol. The van der Waals surface area contributed by atoms with Crippen LogP contribution in [0.5, 0.6) is 0 Å². The van der Waals surface area contributed by atoms with E-state index in [0.717, 1.165) is 19.3 Å². The number of sulfone groups is 1. The molecule has 19 heavy (non-hydrogen) atoms. The van der Waals surface area contributed by atoms with E-state index >= 15 is 0 Å². The highest BCUT2D eigenvalue weighted by atomic mass is 32.2. The Balaban J connectivity index is 1.87. The van der Waals surface area contributed by atoms with E-state index in [1.54, 1.807) is 24.3 Å². The maximum atomic E-state index is 12.7. The van der Waals surface area contributed by atoms with E-state index in [-0.39, 0.29) is 10.9 Å². The molecule has 1 aromatic carbocycles. The first-order chi connectivity index (χ1) is 9.02. The smallest absolute Gasteiger partial charge is 0.181 e. The zero-order chi connectivity index (χ0) is 13.5. The molecular formula is C14H19NO3S. The molecule has 0 amide bonds. The third kappa shape index (κ3) is 2.25. The molecule has 1 atom stereocenters. The normalized spacial score (nSPS) is 26.0. The highest BCUT2D eigenvalue weighted by molar-refractivity contribution is 7.92. The summed E-state index contributed by atoms with van der Waals surface area (Å²) in [5, 5.41) is -0.330. The molecule has 0 radical (unpaired) electrons. The van der Waals surface area contributed by atoms with Crippen molar-refractivity contribution in [3.05, 3.63) is 24.3 Å². The highest BCUT2D eigenvalue weighted by Gasteiger charge is 2.46. The van der Waals surface area contributed by atoms with Crippen molar-refractivity contribution in [2.24, 2.45) is 0 Å². The summed E-state index contributed by atoms with van der Waals surface area (Å²) in [6.45, 7) is 0.548. The fourth-order valence-electron chi connectivity index (χ4n) is 3.05. The van der Waals surface area contributed by atoms with Gasteiger partial charge in [-0.1, -0.05) is 6.07 Å². The Hall–Kier alpha value is -1.07. The zero-order valence-corrected chi connectivity index (χ0v) is 11.7. The molecule has 0 aromatic heterocycles. The maximum Gasteiger partial charge on any atom is 0.181 e. The van der Waals surface area contributed by atoms with Crippen LogP contribution in [0.4, 0.5) is 5.69 Å². The summed E-state index contributed by atoms with van der Waals surface area (Å²) >= 11 is 0. The van der Waals surface area contributed by atoms with Crippen molar-refractivity contribution in [3.8, 4) is 0 Å². The molecule has 0 bridgehead atoms. The first kappa shape index (κ1) is 12.9. The maximum absolute atomic E-state index is 12.7. The highest BCUT2D eigenvalue weighted by Crippen LogP contribution is 2.44. The van der Waals surface area contributed by atoms with E-state index in [1.807, 2.05) is 0 Å². The number of hydrogen-bond donors (Lipinski definition) is 1. The van der Waals surface area contributed by atoms with Crippen LogP contribution < -0.4 is 5.73 Å². The molecule has 1 saturated heterocycles. The number of rotatable bonds is 2. The van der Waals surface area contributed by atoms with Gasteiger partial charge in [0.2, 0.25) is 0 Å². The van der Waals surface area contributed by atoms with E-state index in [9.17, 15) is 8.42 Å². The summed E-state index contributed by atoms with van der Waals surface area (Å²) in [5.41, 5.74) is 6.02. The predicted molar refractivity (Wildman–Crippen MR) is 73.6 cm³/mol. The van der Waals surface area contributed by atoms with Gasteiger partial charge < -0.3 is 10.5 Å². The van der Waals surface area contributed by atoms with Gasteiger partial charge in [-0.2, -0.15) is 0 Å². The lowest BCUT2D eigenvalue weighted by atomic mass is 9.75. The van der Waals surface area contributed by atoms with Gasteiger partial charge in [0.05, 0.1) is 15.7 Å². The molecule has 1 aliphatic heterocycles. The van der Waals surface area contributed by atoms with E-state index in [2.05, 4.69) is 0 Å². The van der Waals surface area contributed by atoms with Crippen LogP contribution in [-0.4, -0.2) is 25.9 Å². The van der Waals surface area contributed by atoms with Crippen LogP contribution in [0.2, 0.25) is 0 Å². The lowest BCUT2D eigenvalue weighted by Gasteiger charge is -2.46. The number of nitrogen functional groups attached to an aromatic ring is 1. The van der Waals surface area contributed by atoms with Crippen molar-refractivity contribution in [2.45, 2.75) is 47.9 Å². The summed E-state index contributed by atoms with van der Waals surface area (Å²) in [6.07, 6.45) is 4.35. The van der Waals surface area contributed by atoms with Gasteiger partial charge in [0.1, 0.15) is 0 Å². The van der Waals surface area contributed by atoms with Crippen LogP contribution in [0.3, 0.4) is 0 Å². The molecule has 2 N–H and O–H groups in total. The number of nitrogens with two attached hydrogens (primary N) is 1. The summed E-state index contributed by atoms with van der Waals surface area (Å²) < 4.78 is 31.1. The van der Waals surface area contributed by atoms with Crippen LogP contribution in [0.1, 0.15) is 32.1 Å². The molecule has 1 saturated carbocycles. The molecule has 104 valence electrons. The standard InChI is InChI=1S/C14H19NO3S/c15-11-3-1-4-12(9-11)19(16,17)13-5-8-18-14(10-13)6-2-7-14/h1,3-4,9,13H,2,5-8,10,15H2. The SMILES string of the molecule is Nc1cccc(S(=O)(=O)C2CCOC3(CCC3)C2)c1. The summed E-state index contributed by atoms with van der Waals surface area (Å²) in [5.74, 6) is 0. The summed E-state index contributed by atoms with van der Waals surface area (Å²) in [6, 6.07) is 6.59. The molecule has 2 fully saturated rings. The minimum absolute atomic E-state index is 0.156. The monoisotopic (exact) mass is 281 g/mol. The minimum Gasteiger partial charge on any atom is -0.399 e. The van der Waals surface area contributed by atoms with Crippen LogP contribution in [0.15, 0.2) is 29.2 Å². The molecule has 1 unspecified atom stereocenters. The molecule has 5 heteroatoms. The van der Waals surface area contributed by atoms with Crippen LogP contribution in [0, 0.1) is 0 Å². The lowest BCUT2D eigenvalue weighted by Crippen LogP contribution is -2.49. The molecule has 3 rings (SSSR count). The van der Waals surface area contributed by atoms with Crippen molar-refractivity contribution >= 4 is 15.5 Å². The first-order valence-corrected chi connectivity index (χ1v) is 8.30. The molecule has 1 heterocycles. The molecule has 1 spiro atoms. The number of anilines is 1. The Labute approximate surface area is 113 Å². The van der Waals surface area contributed by atoms with Crippen LogP contribution in [-0.2, 0) is 14.6 Å².